The summed E-state index contributed by atoms with van der Waals surface area (Å²) in [7, 11) is 0. The highest BCUT2D eigenvalue weighted by Gasteiger charge is 2.04. The molecule has 0 saturated carbocycles. The van der Waals surface area contributed by atoms with Crippen LogP contribution in [0.4, 0.5) is 0 Å². The lowest BCUT2D eigenvalue weighted by Crippen LogP contribution is -2.25. The molecular weight excluding hydrogens is 351 g/mol. The molecule has 0 aliphatic rings. The van der Waals surface area contributed by atoms with Crippen molar-refractivity contribution >= 4 is 22.6 Å². The van der Waals surface area contributed by atoms with Crippen LogP contribution in [0.5, 0.6) is 0 Å². The monoisotopic (exact) mass is 368 g/mol. The van der Waals surface area contributed by atoms with Gasteiger partial charge in [-0.25, -0.2) is 4.98 Å². The molecule has 0 unspecified atom stereocenters. The Morgan fingerprint density at radius 1 is 1.21 bits per heavy atom. The Labute approximate surface area is 126 Å². The van der Waals surface area contributed by atoms with Gasteiger partial charge in [0.25, 0.3) is 5.56 Å². The van der Waals surface area contributed by atoms with Gasteiger partial charge in [-0.05, 0) is 54.3 Å². The number of aromatic nitrogens is 2. The van der Waals surface area contributed by atoms with Gasteiger partial charge in [0.1, 0.15) is 5.82 Å². The Balaban J connectivity index is 1.90. The second-order valence-corrected chi connectivity index (χ2v) is 5.72. The van der Waals surface area contributed by atoms with Crippen LogP contribution in [-0.2, 0) is 13.0 Å². The van der Waals surface area contributed by atoms with Crippen LogP contribution in [0, 0.1) is 10.5 Å². The van der Waals surface area contributed by atoms with Gasteiger partial charge in [0.2, 0.25) is 0 Å². The van der Waals surface area contributed by atoms with Gasteiger partial charge in [-0.15, -0.1) is 0 Å². The third-order valence-corrected chi connectivity index (χ3v) is 3.88. The van der Waals surface area contributed by atoms with E-state index in [4.69, 9.17) is 0 Å². The molecule has 0 amide bonds. The quantitative estimate of drug-likeness (QED) is 0.600. The maximum absolute atomic E-state index is 12.0. The van der Waals surface area contributed by atoms with Gasteiger partial charge >= 0.3 is 0 Å². The molecule has 0 aliphatic heterocycles. The Bertz CT molecular complexity index is 593. The fourth-order valence-corrected chi connectivity index (χ4v) is 2.49. The fourth-order valence-electron chi connectivity index (χ4n) is 2.06. The number of rotatable bonds is 5. The van der Waals surface area contributed by atoms with Gasteiger partial charge < -0.3 is 0 Å². The molecule has 0 N–H and O–H groups in total. The molecule has 1 aromatic heterocycles. The van der Waals surface area contributed by atoms with E-state index in [2.05, 4.69) is 29.2 Å². The molecule has 100 valence electrons. The van der Waals surface area contributed by atoms with Crippen LogP contribution in [0.1, 0.15) is 24.2 Å². The second-order valence-electron chi connectivity index (χ2n) is 4.55. The third kappa shape index (κ3) is 3.89. The van der Waals surface area contributed by atoms with E-state index in [0.717, 1.165) is 31.6 Å². The molecule has 2 rings (SSSR count). The van der Waals surface area contributed by atoms with E-state index >= 15 is 0 Å². The van der Waals surface area contributed by atoms with Crippen LogP contribution in [0.15, 0.2) is 41.3 Å². The maximum atomic E-state index is 12.0. The average Bonchev–Trinajstić information content (AvgIpc) is 2.43. The smallest absolute Gasteiger partial charge is 0.266 e. The molecule has 0 atom stereocenters. The number of benzene rings is 1. The lowest BCUT2D eigenvalue weighted by atomic mass is 10.1. The topological polar surface area (TPSA) is 34.9 Å². The zero-order chi connectivity index (χ0) is 13.7. The highest BCUT2D eigenvalue weighted by Crippen LogP contribution is 2.06. The zero-order valence-corrected chi connectivity index (χ0v) is 13.1. The van der Waals surface area contributed by atoms with Crippen LogP contribution in [0.3, 0.4) is 0 Å². The van der Waals surface area contributed by atoms with Gasteiger partial charge in [0.05, 0.1) is 3.57 Å². The van der Waals surface area contributed by atoms with Crippen molar-refractivity contribution in [2.24, 2.45) is 0 Å². The van der Waals surface area contributed by atoms with E-state index in [-0.39, 0.29) is 5.56 Å². The molecule has 0 spiro atoms. The Kier molecular flexibility index (Phi) is 5.13. The lowest BCUT2D eigenvalue weighted by Gasteiger charge is -2.09. The van der Waals surface area contributed by atoms with Crippen LogP contribution in [-0.4, -0.2) is 9.55 Å². The van der Waals surface area contributed by atoms with Crippen molar-refractivity contribution in [2.75, 3.05) is 0 Å². The largest absolute Gasteiger partial charge is 0.296 e. The molecule has 4 heteroatoms. The van der Waals surface area contributed by atoms with Gasteiger partial charge in [0.15, 0.2) is 0 Å². The van der Waals surface area contributed by atoms with Crippen molar-refractivity contribution in [1.82, 2.24) is 9.55 Å². The van der Waals surface area contributed by atoms with Crippen molar-refractivity contribution in [2.45, 2.75) is 32.7 Å². The molecule has 3 nitrogen and oxygen atoms in total. The molecule has 0 fully saturated rings. The van der Waals surface area contributed by atoms with Crippen molar-refractivity contribution in [3.05, 3.63) is 61.8 Å². The highest BCUT2D eigenvalue weighted by molar-refractivity contribution is 14.1. The minimum absolute atomic E-state index is 0.0767. The first-order valence-corrected chi connectivity index (χ1v) is 7.52. The second kappa shape index (κ2) is 6.84. The molecule has 2 aromatic rings. The van der Waals surface area contributed by atoms with E-state index in [1.165, 1.54) is 5.56 Å². The highest BCUT2D eigenvalue weighted by atomic mass is 127. The summed E-state index contributed by atoms with van der Waals surface area (Å²) < 4.78 is 2.46. The van der Waals surface area contributed by atoms with Gasteiger partial charge in [0, 0.05) is 12.7 Å². The lowest BCUT2D eigenvalue weighted by molar-refractivity contribution is 0.567. The molecule has 0 bridgehead atoms. The third-order valence-electron chi connectivity index (χ3n) is 3.14. The number of hydrogen-bond donors (Lipinski definition) is 0. The first-order valence-electron chi connectivity index (χ1n) is 6.44. The summed E-state index contributed by atoms with van der Waals surface area (Å²) in [6.07, 6.45) is 4.78. The number of hydrogen-bond acceptors (Lipinski definition) is 2. The van der Waals surface area contributed by atoms with Crippen molar-refractivity contribution < 1.29 is 0 Å². The van der Waals surface area contributed by atoms with Gasteiger partial charge in [-0.3, -0.25) is 9.36 Å². The van der Waals surface area contributed by atoms with Crippen LogP contribution in [0.25, 0.3) is 0 Å². The SMILES string of the molecule is Cc1ncc(I)c(=O)n1CCCCc1ccccc1. The molecule has 1 aromatic carbocycles. The summed E-state index contributed by atoms with van der Waals surface area (Å²) >= 11 is 2.04. The normalized spacial score (nSPS) is 10.6. The molecule has 1 heterocycles. The predicted molar refractivity (Wildman–Crippen MR) is 85.3 cm³/mol. The number of unbranched alkanes of at least 4 members (excludes halogenated alkanes) is 1. The number of nitrogens with zero attached hydrogens (tertiary/aromatic N) is 2. The Hall–Kier alpha value is -1.17. The van der Waals surface area contributed by atoms with Crippen LogP contribution in [0.2, 0.25) is 0 Å². The van der Waals surface area contributed by atoms with E-state index < -0.39 is 0 Å². The summed E-state index contributed by atoms with van der Waals surface area (Å²) in [6, 6.07) is 10.4. The average molecular weight is 368 g/mol. The fraction of sp³-hybridized carbons (Fsp3) is 0.333. The maximum Gasteiger partial charge on any atom is 0.266 e. The minimum Gasteiger partial charge on any atom is -0.296 e. The molecular formula is C15H17IN2O. The standard InChI is InChI=1S/C15H17IN2O/c1-12-17-11-14(16)15(19)18(12)10-6-5-9-13-7-3-2-4-8-13/h2-4,7-8,11H,5-6,9-10H2,1H3. The minimum atomic E-state index is 0.0767. The first kappa shape index (κ1) is 14.2. The van der Waals surface area contributed by atoms with Gasteiger partial charge in [-0.1, -0.05) is 30.3 Å². The zero-order valence-electron chi connectivity index (χ0n) is 11.0. The molecule has 0 aliphatic carbocycles. The first-order chi connectivity index (χ1) is 9.18. The van der Waals surface area contributed by atoms with Crippen molar-refractivity contribution in [3.63, 3.8) is 0 Å². The van der Waals surface area contributed by atoms with E-state index in [0.29, 0.717) is 3.57 Å². The summed E-state index contributed by atoms with van der Waals surface area (Å²) in [5.41, 5.74) is 1.43. The van der Waals surface area contributed by atoms with Crippen molar-refractivity contribution in [3.8, 4) is 0 Å². The molecule has 0 saturated heterocycles. The van der Waals surface area contributed by atoms with Crippen LogP contribution >= 0.6 is 22.6 Å². The van der Waals surface area contributed by atoms with Crippen molar-refractivity contribution in [1.29, 1.82) is 0 Å². The predicted octanol–water partition coefficient (Wildman–Crippen LogP) is 3.18. The summed E-state index contributed by atoms with van der Waals surface area (Å²) in [5.74, 6) is 0.796. The van der Waals surface area contributed by atoms with E-state index in [9.17, 15) is 4.79 Å². The molecule has 19 heavy (non-hydrogen) atoms. The Morgan fingerprint density at radius 2 is 1.95 bits per heavy atom. The summed E-state index contributed by atoms with van der Waals surface area (Å²) in [4.78, 5) is 16.2. The number of aryl methyl sites for hydroxylation is 2. The molecule has 0 radical (unpaired) electrons. The van der Waals surface area contributed by atoms with E-state index in [1.807, 2.05) is 35.6 Å². The Morgan fingerprint density at radius 3 is 2.68 bits per heavy atom. The summed E-state index contributed by atoms with van der Waals surface area (Å²) in [6.45, 7) is 2.63. The summed E-state index contributed by atoms with van der Waals surface area (Å²) in [5, 5.41) is 0. The van der Waals surface area contributed by atoms with E-state index in [1.54, 1.807) is 10.8 Å². The van der Waals surface area contributed by atoms with Crippen LogP contribution < -0.4 is 5.56 Å². The number of halogens is 1. The van der Waals surface area contributed by atoms with Gasteiger partial charge in [-0.2, -0.15) is 0 Å².